The lowest BCUT2D eigenvalue weighted by molar-refractivity contribution is -0.126. The highest BCUT2D eigenvalue weighted by Gasteiger charge is 2.35. The van der Waals surface area contributed by atoms with E-state index in [0.29, 0.717) is 19.5 Å². The minimum Gasteiger partial charge on any atom is -0.355 e. The highest BCUT2D eigenvalue weighted by atomic mass is 16.2. The summed E-state index contributed by atoms with van der Waals surface area (Å²) < 4.78 is 0. The maximum Gasteiger partial charge on any atom is 0.227 e. The lowest BCUT2D eigenvalue weighted by Gasteiger charge is -2.18. The molecule has 0 unspecified atom stereocenters. The zero-order valence-corrected chi connectivity index (χ0v) is 14.5. The Balaban J connectivity index is 1.56. The lowest BCUT2D eigenvalue weighted by Crippen LogP contribution is -2.34. The monoisotopic (exact) mass is 338 g/mol. The van der Waals surface area contributed by atoms with Gasteiger partial charge in [0.1, 0.15) is 6.33 Å². The maximum absolute atomic E-state index is 12.4. The molecule has 0 radical (unpaired) electrons. The molecule has 6 heteroatoms. The van der Waals surface area contributed by atoms with Crippen LogP contribution in [0.25, 0.3) is 0 Å². The van der Waals surface area contributed by atoms with E-state index in [1.807, 2.05) is 32.0 Å². The summed E-state index contributed by atoms with van der Waals surface area (Å²) in [5.74, 6) is -0.377. The molecule has 1 aromatic heterocycles. The topological polar surface area (TPSA) is 75.2 Å². The molecular weight excluding hydrogens is 316 g/mol. The van der Waals surface area contributed by atoms with Crippen molar-refractivity contribution in [1.82, 2.24) is 15.3 Å². The Morgan fingerprint density at radius 2 is 2.00 bits per heavy atom. The van der Waals surface area contributed by atoms with E-state index in [9.17, 15) is 9.59 Å². The molecule has 2 heterocycles. The zero-order valence-electron chi connectivity index (χ0n) is 14.5. The number of hydrogen-bond donors (Lipinski definition) is 1. The fourth-order valence-corrected chi connectivity index (χ4v) is 2.96. The molecule has 1 aliphatic rings. The predicted octanol–water partition coefficient (Wildman–Crippen LogP) is 1.81. The van der Waals surface area contributed by atoms with Gasteiger partial charge >= 0.3 is 0 Å². The second kappa shape index (κ2) is 7.42. The third-order valence-corrected chi connectivity index (χ3v) is 4.62. The molecule has 130 valence electrons. The number of hydrogen-bond acceptors (Lipinski definition) is 4. The molecule has 2 aromatic rings. The van der Waals surface area contributed by atoms with Crippen LogP contribution in [0, 0.1) is 19.8 Å². The number of aromatic nitrogens is 2. The van der Waals surface area contributed by atoms with Gasteiger partial charge in [0.15, 0.2) is 0 Å². The first-order valence-corrected chi connectivity index (χ1v) is 8.44. The number of nitrogens with zero attached hydrogens (tertiary/aromatic N) is 3. The SMILES string of the molecule is Cc1ccc(N2C[C@H](C(=O)NCCc3cncnc3)CC2=O)cc1C. The van der Waals surface area contributed by atoms with Gasteiger partial charge in [-0.15, -0.1) is 0 Å². The molecule has 0 saturated carbocycles. The Labute approximate surface area is 147 Å². The van der Waals surface area contributed by atoms with E-state index in [1.165, 1.54) is 11.9 Å². The summed E-state index contributed by atoms with van der Waals surface area (Å²) in [4.78, 5) is 34.3. The van der Waals surface area contributed by atoms with Gasteiger partial charge in [-0.25, -0.2) is 9.97 Å². The average Bonchev–Trinajstić information content (AvgIpc) is 3.00. The number of rotatable bonds is 5. The average molecular weight is 338 g/mol. The van der Waals surface area contributed by atoms with Crippen LogP contribution in [-0.2, 0) is 16.0 Å². The predicted molar refractivity (Wildman–Crippen MR) is 95.1 cm³/mol. The minimum atomic E-state index is -0.305. The number of nitrogens with one attached hydrogen (secondary N) is 1. The van der Waals surface area contributed by atoms with Crippen molar-refractivity contribution in [2.24, 2.45) is 5.92 Å². The van der Waals surface area contributed by atoms with Crippen LogP contribution in [0.1, 0.15) is 23.1 Å². The maximum atomic E-state index is 12.4. The summed E-state index contributed by atoms with van der Waals surface area (Å²) in [6.07, 6.45) is 5.88. The Morgan fingerprint density at radius 3 is 2.72 bits per heavy atom. The van der Waals surface area contributed by atoms with Gasteiger partial charge in [0.05, 0.1) is 5.92 Å². The molecule has 1 aromatic carbocycles. The van der Waals surface area contributed by atoms with Gasteiger partial charge in [0, 0.05) is 37.6 Å². The van der Waals surface area contributed by atoms with E-state index in [1.54, 1.807) is 17.3 Å². The third-order valence-electron chi connectivity index (χ3n) is 4.62. The fraction of sp³-hybridized carbons (Fsp3) is 0.368. The van der Waals surface area contributed by atoms with E-state index in [0.717, 1.165) is 16.8 Å². The van der Waals surface area contributed by atoms with Gasteiger partial charge < -0.3 is 10.2 Å². The van der Waals surface area contributed by atoms with Crippen molar-refractivity contribution in [3.8, 4) is 0 Å². The molecule has 0 spiro atoms. The van der Waals surface area contributed by atoms with Gasteiger partial charge in [-0.2, -0.15) is 0 Å². The van der Waals surface area contributed by atoms with Gasteiger partial charge in [-0.3, -0.25) is 9.59 Å². The van der Waals surface area contributed by atoms with Crippen LogP contribution in [-0.4, -0.2) is 34.9 Å². The van der Waals surface area contributed by atoms with E-state index in [-0.39, 0.29) is 24.2 Å². The number of carbonyl (C=O) groups is 2. The summed E-state index contributed by atoms with van der Waals surface area (Å²) in [5.41, 5.74) is 4.17. The first-order valence-electron chi connectivity index (χ1n) is 8.44. The largest absolute Gasteiger partial charge is 0.355 e. The number of anilines is 1. The second-order valence-corrected chi connectivity index (χ2v) is 6.46. The van der Waals surface area contributed by atoms with Crippen molar-refractivity contribution in [2.45, 2.75) is 26.7 Å². The van der Waals surface area contributed by atoms with Crippen molar-refractivity contribution in [2.75, 3.05) is 18.0 Å². The molecule has 6 nitrogen and oxygen atoms in total. The Hall–Kier alpha value is -2.76. The van der Waals surface area contributed by atoms with Crippen LogP contribution in [0.3, 0.4) is 0 Å². The fourth-order valence-electron chi connectivity index (χ4n) is 2.96. The van der Waals surface area contributed by atoms with E-state index in [4.69, 9.17) is 0 Å². The van der Waals surface area contributed by atoms with Crippen LogP contribution in [0.2, 0.25) is 0 Å². The quantitative estimate of drug-likeness (QED) is 0.902. The van der Waals surface area contributed by atoms with Crippen LogP contribution in [0.15, 0.2) is 36.9 Å². The van der Waals surface area contributed by atoms with Crippen LogP contribution < -0.4 is 10.2 Å². The van der Waals surface area contributed by atoms with Crippen LogP contribution in [0.4, 0.5) is 5.69 Å². The molecule has 1 aliphatic heterocycles. The highest BCUT2D eigenvalue weighted by molar-refractivity contribution is 6.00. The molecule has 2 amide bonds. The van der Waals surface area contributed by atoms with Gasteiger partial charge in [-0.1, -0.05) is 6.07 Å². The standard InChI is InChI=1S/C19H22N4O2/c1-13-3-4-17(7-14(13)2)23-11-16(8-18(23)24)19(25)22-6-5-15-9-20-12-21-10-15/h3-4,7,9-10,12,16H,5-6,8,11H2,1-2H3,(H,22,25)/t16-/m1/s1. The van der Waals surface area contributed by atoms with E-state index in [2.05, 4.69) is 15.3 Å². The third kappa shape index (κ3) is 4.02. The smallest absolute Gasteiger partial charge is 0.227 e. The summed E-state index contributed by atoms with van der Waals surface area (Å²) in [7, 11) is 0. The van der Waals surface area contributed by atoms with Gasteiger partial charge in [0.25, 0.3) is 0 Å². The number of benzene rings is 1. The highest BCUT2D eigenvalue weighted by Crippen LogP contribution is 2.26. The van der Waals surface area contributed by atoms with E-state index >= 15 is 0 Å². The summed E-state index contributed by atoms with van der Waals surface area (Å²) in [6.45, 7) is 5.01. The van der Waals surface area contributed by atoms with Crippen LogP contribution in [0.5, 0.6) is 0 Å². The van der Waals surface area contributed by atoms with Crippen molar-refractivity contribution < 1.29 is 9.59 Å². The Morgan fingerprint density at radius 1 is 1.24 bits per heavy atom. The zero-order chi connectivity index (χ0) is 17.8. The molecule has 0 aliphatic carbocycles. The molecule has 25 heavy (non-hydrogen) atoms. The van der Waals surface area contributed by atoms with Crippen molar-refractivity contribution in [3.05, 3.63) is 53.6 Å². The summed E-state index contributed by atoms with van der Waals surface area (Å²) in [6, 6.07) is 5.95. The van der Waals surface area contributed by atoms with Crippen LogP contribution >= 0.6 is 0 Å². The minimum absolute atomic E-state index is 0.000127. The van der Waals surface area contributed by atoms with Gasteiger partial charge in [-0.05, 0) is 49.1 Å². The van der Waals surface area contributed by atoms with Gasteiger partial charge in [0.2, 0.25) is 11.8 Å². The number of amides is 2. The molecule has 3 rings (SSSR count). The van der Waals surface area contributed by atoms with Crippen molar-refractivity contribution >= 4 is 17.5 Å². The molecule has 1 fully saturated rings. The molecule has 0 bridgehead atoms. The number of aryl methyl sites for hydroxylation is 2. The first kappa shape index (κ1) is 17.1. The Kier molecular flexibility index (Phi) is 5.07. The molecule has 1 saturated heterocycles. The normalized spacial score (nSPS) is 17.0. The summed E-state index contributed by atoms with van der Waals surface area (Å²) >= 11 is 0. The summed E-state index contributed by atoms with van der Waals surface area (Å²) in [5, 5.41) is 2.91. The van der Waals surface area contributed by atoms with Crippen molar-refractivity contribution in [3.63, 3.8) is 0 Å². The molecule has 1 atom stereocenters. The first-order chi connectivity index (χ1) is 12.0. The van der Waals surface area contributed by atoms with Crippen molar-refractivity contribution in [1.29, 1.82) is 0 Å². The molecular formula is C19H22N4O2. The molecule has 1 N–H and O–H groups in total. The lowest BCUT2D eigenvalue weighted by atomic mass is 10.1. The Bertz CT molecular complexity index is 776. The van der Waals surface area contributed by atoms with E-state index < -0.39 is 0 Å². The second-order valence-electron chi connectivity index (χ2n) is 6.46. The number of carbonyl (C=O) groups excluding carboxylic acids is 2.